The summed E-state index contributed by atoms with van der Waals surface area (Å²) in [7, 11) is 1.39. The normalized spacial score (nSPS) is 17.8. The number of rotatable bonds is 6. The Balaban J connectivity index is 2.61. The van der Waals surface area contributed by atoms with Crippen LogP contribution in [-0.2, 0) is 14.3 Å². The SMILES string of the molecule is CCC(C)N(CCC(=O)OC)C(=O)C1CCCCC1. The summed E-state index contributed by atoms with van der Waals surface area (Å²) < 4.78 is 4.66. The quantitative estimate of drug-likeness (QED) is 0.697. The fourth-order valence-electron chi connectivity index (χ4n) is 2.67. The Morgan fingerprint density at radius 1 is 1.26 bits per heavy atom. The first-order valence-electron chi connectivity index (χ1n) is 7.47. The first kappa shape index (κ1) is 16.0. The zero-order chi connectivity index (χ0) is 14.3. The van der Waals surface area contributed by atoms with E-state index in [0.29, 0.717) is 13.0 Å². The van der Waals surface area contributed by atoms with Gasteiger partial charge in [0.05, 0.1) is 13.5 Å². The van der Waals surface area contributed by atoms with Gasteiger partial charge in [0.1, 0.15) is 0 Å². The Bertz CT molecular complexity index is 298. The molecule has 1 amide bonds. The minimum absolute atomic E-state index is 0.167. The Kier molecular flexibility index (Phi) is 6.89. The molecule has 0 saturated heterocycles. The average molecular weight is 269 g/mol. The number of carbonyl (C=O) groups is 2. The highest BCUT2D eigenvalue weighted by Crippen LogP contribution is 2.26. The van der Waals surface area contributed by atoms with E-state index in [0.717, 1.165) is 32.1 Å². The van der Waals surface area contributed by atoms with Crippen LogP contribution in [0.5, 0.6) is 0 Å². The van der Waals surface area contributed by atoms with Crippen molar-refractivity contribution in [3.63, 3.8) is 0 Å². The Labute approximate surface area is 116 Å². The van der Waals surface area contributed by atoms with Crippen molar-refractivity contribution in [2.45, 2.75) is 64.8 Å². The summed E-state index contributed by atoms with van der Waals surface area (Å²) in [5, 5.41) is 0. The predicted molar refractivity (Wildman–Crippen MR) is 74.7 cm³/mol. The van der Waals surface area contributed by atoms with Gasteiger partial charge in [-0.25, -0.2) is 0 Å². The van der Waals surface area contributed by atoms with Crippen molar-refractivity contribution < 1.29 is 14.3 Å². The number of methoxy groups -OCH3 is 1. The number of carbonyl (C=O) groups excluding carboxylic acids is 2. The van der Waals surface area contributed by atoms with E-state index in [1.54, 1.807) is 0 Å². The average Bonchev–Trinajstić information content (AvgIpc) is 2.47. The molecule has 1 fully saturated rings. The molecule has 1 aliphatic rings. The third-order valence-electron chi connectivity index (χ3n) is 4.14. The van der Waals surface area contributed by atoms with Crippen molar-refractivity contribution in [1.82, 2.24) is 4.90 Å². The summed E-state index contributed by atoms with van der Waals surface area (Å²) >= 11 is 0. The van der Waals surface area contributed by atoms with E-state index in [4.69, 9.17) is 0 Å². The largest absolute Gasteiger partial charge is 0.469 e. The summed E-state index contributed by atoms with van der Waals surface area (Å²) in [6.07, 6.45) is 6.77. The number of amides is 1. The number of esters is 1. The van der Waals surface area contributed by atoms with Crippen LogP contribution < -0.4 is 0 Å². The fraction of sp³-hybridized carbons (Fsp3) is 0.867. The van der Waals surface area contributed by atoms with E-state index < -0.39 is 0 Å². The van der Waals surface area contributed by atoms with Crippen LogP contribution in [0.15, 0.2) is 0 Å². The highest BCUT2D eigenvalue weighted by atomic mass is 16.5. The molecule has 0 N–H and O–H groups in total. The third kappa shape index (κ3) is 4.84. The maximum absolute atomic E-state index is 12.6. The number of hydrogen-bond acceptors (Lipinski definition) is 3. The molecule has 0 spiro atoms. The minimum atomic E-state index is -0.246. The van der Waals surface area contributed by atoms with E-state index in [-0.39, 0.29) is 23.8 Å². The van der Waals surface area contributed by atoms with Gasteiger partial charge in [-0.3, -0.25) is 9.59 Å². The molecule has 1 unspecified atom stereocenters. The molecule has 0 radical (unpaired) electrons. The Hall–Kier alpha value is -1.06. The van der Waals surface area contributed by atoms with Gasteiger partial charge in [-0.15, -0.1) is 0 Å². The lowest BCUT2D eigenvalue weighted by atomic mass is 9.88. The molecule has 4 heteroatoms. The zero-order valence-corrected chi connectivity index (χ0v) is 12.5. The maximum Gasteiger partial charge on any atom is 0.307 e. The van der Waals surface area contributed by atoms with Gasteiger partial charge in [0, 0.05) is 18.5 Å². The summed E-state index contributed by atoms with van der Waals surface area (Å²) in [6.45, 7) is 4.61. The van der Waals surface area contributed by atoms with Crippen molar-refractivity contribution in [2.24, 2.45) is 5.92 Å². The molecule has 1 saturated carbocycles. The third-order valence-corrected chi connectivity index (χ3v) is 4.14. The van der Waals surface area contributed by atoms with Gasteiger partial charge in [-0.1, -0.05) is 26.2 Å². The van der Waals surface area contributed by atoms with Crippen LogP contribution >= 0.6 is 0 Å². The fourth-order valence-corrected chi connectivity index (χ4v) is 2.67. The second-order valence-corrected chi connectivity index (χ2v) is 5.45. The molecular formula is C15H27NO3. The van der Waals surface area contributed by atoms with Gasteiger partial charge in [0.25, 0.3) is 0 Å². The first-order chi connectivity index (χ1) is 9.10. The molecular weight excluding hydrogens is 242 g/mol. The summed E-state index contributed by atoms with van der Waals surface area (Å²) in [5.41, 5.74) is 0. The van der Waals surface area contributed by atoms with Crippen LogP contribution in [0.2, 0.25) is 0 Å². The van der Waals surface area contributed by atoms with Crippen LogP contribution in [0.25, 0.3) is 0 Å². The number of ether oxygens (including phenoxy) is 1. The summed E-state index contributed by atoms with van der Waals surface area (Å²) in [5.74, 6) is 0.156. The number of nitrogens with zero attached hydrogens (tertiary/aromatic N) is 1. The summed E-state index contributed by atoms with van der Waals surface area (Å²) in [6, 6.07) is 0.194. The molecule has 0 aliphatic heterocycles. The van der Waals surface area contributed by atoms with E-state index in [1.165, 1.54) is 13.5 Å². The van der Waals surface area contributed by atoms with E-state index in [1.807, 2.05) is 4.90 Å². The second-order valence-electron chi connectivity index (χ2n) is 5.45. The van der Waals surface area contributed by atoms with E-state index in [9.17, 15) is 9.59 Å². The minimum Gasteiger partial charge on any atom is -0.469 e. The predicted octanol–water partition coefficient (Wildman–Crippen LogP) is 2.76. The molecule has 0 aromatic heterocycles. The molecule has 1 rings (SSSR count). The van der Waals surface area contributed by atoms with Crippen LogP contribution in [0, 0.1) is 5.92 Å². The van der Waals surface area contributed by atoms with E-state index >= 15 is 0 Å². The number of hydrogen-bond donors (Lipinski definition) is 0. The molecule has 19 heavy (non-hydrogen) atoms. The van der Waals surface area contributed by atoms with Crippen LogP contribution in [0.1, 0.15) is 58.8 Å². The van der Waals surface area contributed by atoms with Gasteiger partial charge < -0.3 is 9.64 Å². The standard InChI is InChI=1S/C15H27NO3/c1-4-12(2)16(11-10-14(17)19-3)15(18)13-8-6-5-7-9-13/h12-13H,4-11H2,1-3H3. The molecule has 0 aromatic rings. The van der Waals surface area contributed by atoms with Gasteiger partial charge in [-0.05, 0) is 26.2 Å². The van der Waals surface area contributed by atoms with Crippen molar-refractivity contribution >= 4 is 11.9 Å². The lowest BCUT2D eigenvalue weighted by Crippen LogP contribution is -2.43. The molecule has 0 heterocycles. The monoisotopic (exact) mass is 269 g/mol. The highest BCUT2D eigenvalue weighted by molar-refractivity contribution is 5.80. The van der Waals surface area contributed by atoms with Crippen LogP contribution in [0.4, 0.5) is 0 Å². The van der Waals surface area contributed by atoms with Gasteiger partial charge in [0.2, 0.25) is 5.91 Å². The van der Waals surface area contributed by atoms with Crippen LogP contribution in [-0.4, -0.2) is 36.5 Å². The Morgan fingerprint density at radius 2 is 1.89 bits per heavy atom. The van der Waals surface area contributed by atoms with E-state index in [2.05, 4.69) is 18.6 Å². The molecule has 1 atom stereocenters. The lowest BCUT2D eigenvalue weighted by molar-refractivity contribution is -0.143. The molecule has 1 aliphatic carbocycles. The molecule has 0 bridgehead atoms. The van der Waals surface area contributed by atoms with Gasteiger partial charge >= 0.3 is 5.97 Å². The maximum atomic E-state index is 12.6. The molecule has 4 nitrogen and oxygen atoms in total. The van der Waals surface area contributed by atoms with Crippen molar-refractivity contribution in [1.29, 1.82) is 0 Å². The topological polar surface area (TPSA) is 46.6 Å². The first-order valence-corrected chi connectivity index (χ1v) is 7.47. The smallest absolute Gasteiger partial charge is 0.307 e. The van der Waals surface area contributed by atoms with Crippen molar-refractivity contribution in [2.75, 3.05) is 13.7 Å². The van der Waals surface area contributed by atoms with Gasteiger partial charge in [0.15, 0.2) is 0 Å². The molecule has 0 aromatic carbocycles. The highest BCUT2D eigenvalue weighted by Gasteiger charge is 2.28. The summed E-state index contributed by atoms with van der Waals surface area (Å²) in [4.78, 5) is 25.7. The lowest BCUT2D eigenvalue weighted by Gasteiger charge is -2.33. The van der Waals surface area contributed by atoms with Crippen LogP contribution in [0.3, 0.4) is 0 Å². The zero-order valence-electron chi connectivity index (χ0n) is 12.5. The molecule has 110 valence electrons. The second kappa shape index (κ2) is 8.18. The van der Waals surface area contributed by atoms with Gasteiger partial charge in [-0.2, -0.15) is 0 Å². The Morgan fingerprint density at radius 3 is 2.42 bits per heavy atom. The van der Waals surface area contributed by atoms with Crippen molar-refractivity contribution in [3.8, 4) is 0 Å². The van der Waals surface area contributed by atoms with Crippen molar-refractivity contribution in [3.05, 3.63) is 0 Å².